The second-order valence-corrected chi connectivity index (χ2v) is 5.15. The van der Waals surface area contributed by atoms with E-state index >= 15 is 0 Å². The predicted octanol–water partition coefficient (Wildman–Crippen LogP) is 2.34. The normalized spacial score (nSPS) is 19.4. The van der Waals surface area contributed by atoms with Crippen molar-refractivity contribution in [2.45, 2.75) is 12.2 Å². The summed E-state index contributed by atoms with van der Waals surface area (Å²) in [7, 11) is 0. The second-order valence-electron chi connectivity index (χ2n) is 4.79. The molecule has 1 fully saturated rings. The van der Waals surface area contributed by atoms with Crippen molar-refractivity contribution in [1.82, 2.24) is 9.88 Å². The molecule has 5 nitrogen and oxygen atoms in total. The van der Waals surface area contributed by atoms with E-state index in [9.17, 15) is 22.4 Å². The molecule has 0 aromatic carbocycles. The number of nitrogens with zero attached hydrogens (tertiary/aromatic N) is 3. The van der Waals surface area contributed by atoms with Gasteiger partial charge >= 0.3 is 12.3 Å². The number of halogens is 4. The van der Waals surface area contributed by atoms with E-state index in [4.69, 9.17) is 5.11 Å². The molecule has 1 aromatic heterocycles. The maximum atomic E-state index is 14.0. The Labute approximate surface area is 128 Å². The number of rotatable bonds is 2. The van der Waals surface area contributed by atoms with E-state index < -0.39 is 29.7 Å². The zero-order valence-electron chi connectivity index (χ0n) is 11.2. The summed E-state index contributed by atoms with van der Waals surface area (Å²) < 4.78 is 51.5. The lowest BCUT2D eigenvalue weighted by atomic mass is 10.1. The molecule has 0 saturated carbocycles. The SMILES string of the molecule is O=C(O)N1CCN(c2ncc(C(F)(F)F)cc2F)[C@H](CS)C1. The van der Waals surface area contributed by atoms with Gasteiger partial charge in [0, 0.05) is 31.6 Å². The molecule has 22 heavy (non-hydrogen) atoms. The van der Waals surface area contributed by atoms with Crippen LogP contribution < -0.4 is 4.90 Å². The molecule has 2 heterocycles. The van der Waals surface area contributed by atoms with E-state index in [0.29, 0.717) is 12.3 Å². The highest BCUT2D eigenvalue weighted by molar-refractivity contribution is 7.80. The number of aromatic nitrogens is 1. The molecule has 1 amide bonds. The third-order valence-electron chi connectivity index (χ3n) is 3.39. The number of piperazine rings is 1. The summed E-state index contributed by atoms with van der Waals surface area (Å²) in [5.74, 6) is -1.10. The molecular formula is C12H13F4N3O2S. The van der Waals surface area contributed by atoms with E-state index in [1.807, 2.05) is 0 Å². The van der Waals surface area contributed by atoms with Crippen LogP contribution in [0.1, 0.15) is 5.56 Å². The minimum atomic E-state index is -4.67. The van der Waals surface area contributed by atoms with Crippen molar-refractivity contribution in [1.29, 1.82) is 0 Å². The number of carboxylic acid groups (broad SMARTS) is 1. The fourth-order valence-electron chi connectivity index (χ4n) is 2.26. The first kappa shape index (κ1) is 16.7. The van der Waals surface area contributed by atoms with Crippen molar-refractivity contribution in [3.63, 3.8) is 0 Å². The summed E-state index contributed by atoms with van der Waals surface area (Å²) in [6, 6.07) is -0.0755. The topological polar surface area (TPSA) is 56.7 Å². The number of hydrogen-bond donors (Lipinski definition) is 2. The van der Waals surface area contributed by atoms with Crippen molar-refractivity contribution in [2.75, 3.05) is 30.3 Å². The van der Waals surface area contributed by atoms with Gasteiger partial charge in [0.1, 0.15) is 0 Å². The lowest BCUT2D eigenvalue weighted by Gasteiger charge is -2.40. The first-order valence-electron chi connectivity index (χ1n) is 6.32. The van der Waals surface area contributed by atoms with Crippen LogP contribution in [-0.2, 0) is 6.18 Å². The molecule has 1 aliphatic rings. The summed E-state index contributed by atoms with van der Waals surface area (Å²) in [5, 5.41) is 8.96. The van der Waals surface area contributed by atoms with Gasteiger partial charge in [0.2, 0.25) is 0 Å². The molecule has 1 atom stereocenters. The molecule has 10 heteroatoms. The lowest BCUT2D eigenvalue weighted by Crippen LogP contribution is -2.56. The fraction of sp³-hybridized carbons (Fsp3) is 0.500. The Morgan fingerprint density at radius 1 is 1.45 bits per heavy atom. The standard InChI is InChI=1S/C12H13F4N3O2S/c13-9-3-7(12(14,15)16)4-17-10(9)19-2-1-18(11(20)21)5-8(19)6-22/h3-4,8,22H,1-2,5-6H2,(H,20,21)/t8-/m0/s1. The van der Waals surface area contributed by atoms with Gasteiger partial charge in [-0.05, 0) is 6.07 Å². The predicted molar refractivity (Wildman–Crippen MR) is 73.8 cm³/mol. The van der Waals surface area contributed by atoms with Crippen LogP contribution in [0.15, 0.2) is 12.3 Å². The second kappa shape index (κ2) is 6.19. The Kier molecular flexibility index (Phi) is 4.69. The Morgan fingerprint density at radius 3 is 2.64 bits per heavy atom. The highest BCUT2D eigenvalue weighted by atomic mass is 32.1. The van der Waals surface area contributed by atoms with Gasteiger partial charge in [0.05, 0.1) is 11.6 Å². The maximum Gasteiger partial charge on any atom is 0.417 e. The van der Waals surface area contributed by atoms with Gasteiger partial charge in [-0.15, -0.1) is 0 Å². The number of amides is 1. The van der Waals surface area contributed by atoms with Crippen LogP contribution in [0.4, 0.5) is 28.2 Å². The molecule has 0 aliphatic carbocycles. The first-order valence-corrected chi connectivity index (χ1v) is 6.95. The molecule has 1 N–H and O–H groups in total. The number of carbonyl (C=O) groups is 1. The third-order valence-corrected chi connectivity index (χ3v) is 3.81. The summed E-state index contributed by atoms with van der Waals surface area (Å²) in [6.07, 6.45) is -5.21. The molecule has 0 radical (unpaired) electrons. The van der Waals surface area contributed by atoms with E-state index in [-0.39, 0.29) is 31.2 Å². The monoisotopic (exact) mass is 339 g/mol. The van der Waals surface area contributed by atoms with Crippen LogP contribution in [0.2, 0.25) is 0 Å². The molecule has 0 unspecified atom stereocenters. The van der Waals surface area contributed by atoms with Crippen LogP contribution in [0.5, 0.6) is 0 Å². The largest absolute Gasteiger partial charge is 0.465 e. The summed E-state index contributed by atoms with van der Waals surface area (Å²) in [6.45, 7) is 0.329. The maximum absolute atomic E-state index is 14.0. The van der Waals surface area contributed by atoms with Crippen LogP contribution in [0.25, 0.3) is 0 Å². The number of alkyl halides is 3. The highest BCUT2D eigenvalue weighted by Gasteiger charge is 2.34. The number of thiol groups is 1. The van der Waals surface area contributed by atoms with Gasteiger partial charge in [-0.1, -0.05) is 0 Å². The van der Waals surface area contributed by atoms with E-state index in [1.54, 1.807) is 0 Å². The Balaban J connectivity index is 2.26. The van der Waals surface area contributed by atoms with Crippen molar-refractivity contribution < 1.29 is 27.5 Å². The van der Waals surface area contributed by atoms with Crippen molar-refractivity contribution in [3.8, 4) is 0 Å². The zero-order valence-corrected chi connectivity index (χ0v) is 12.1. The lowest BCUT2D eigenvalue weighted by molar-refractivity contribution is -0.138. The molecule has 1 aromatic rings. The van der Waals surface area contributed by atoms with E-state index in [0.717, 1.165) is 4.90 Å². The molecular weight excluding hydrogens is 326 g/mol. The van der Waals surface area contributed by atoms with E-state index in [1.165, 1.54) is 4.90 Å². The minimum Gasteiger partial charge on any atom is -0.465 e. The Bertz CT molecular complexity index is 570. The van der Waals surface area contributed by atoms with Crippen molar-refractivity contribution in [2.24, 2.45) is 0 Å². The number of anilines is 1. The average molecular weight is 339 g/mol. The molecule has 0 spiro atoms. The third kappa shape index (κ3) is 3.37. The van der Waals surface area contributed by atoms with Gasteiger partial charge in [0.25, 0.3) is 0 Å². The van der Waals surface area contributed by atoms with Crippen LogP contribution >= 0.6 is 12.6 Å². The van der Waals surface area contributed by atoms with Crippen molar-refractivity contribution in [3.05, 3.63) is 23.6 Å². The van der Waals surface area contributed by atoms with Crippen LogP contribution in [-0.4, -0.2) is 52.5 Å². The summed E-state index contributed by atoms with van der Waals surface area (Å²) in [4.78, 5) is 17.1. The van der Waals surface area contributed by atoms with Gasteiger partial charge in [0.15, 0.2) is 11.6 Å². The molecule has 1 saturated heterocycles. The van der Waals surface area contributed by atoms with Gasteiger partial charge in [-0.2, -0.15) is 25.8 Å². The Morgan fingerprint density at radius 2 is 2.14 bits per heavy atom. The Hall–Kier alpha value is -1.71. The van der Waals surface area contributed by atoms with Crippen LogP contribution in [0.3, 0.4) is 0 Å². The minimum absolute atomic E-state index is 0.0843. The molecule has 122 valence electrons. The molecule has 0 bridgehead atoms. The van der Waals surface area contributed by atoms with E-state index in [2.05, 4.69) is 17.6 Å². The van der Waals surface area contributed by atoms with Gasteiger partial charge in [-0.3, -0.25) is 0 Å². The van der Waals surface area contributed by atoms with Crippen LogP contribution in [0, 0.1) is 5.82 Å². The molecule has 1 aliphatic heterocycles. The summed E-state index contributed by atoms with van der Waals surface area (Å²) >= 11 is 4.09. The number of pyridine rings is 1. The molecule has 2 rings (SSSR count). The highest BCUT2D eigenvalue weighted by Crippen LogP contribution is 2.31. The quantitative estimate of drug-likeness (QED) is 0.641. The van der Waals surface area contributed by atoms with Crippen molar-refractivity contribution >= 4 is 24.5 Å². The number of hydrogen-bond acceptors (Lipinski definition) is 4. The first-order chi connectivity index (χ1) is 10.2. The fourth-order valence-corrected chi connectivity index (χ4v) is 2.57. The van der Waals surface area contributed by atoms with Gasteiger partial charge in [-0.25, -0.2) is 14.2 Å². The van der Waals surface area contributed by atoms with Gasteiger partial charge < -0.3 is 14.9 Å². The smallest absolute Gasteiger partial charge is 0.417 e. The average Bonchev–Trinajstić information content (AvgIpc) is 2.45. The zero-order chi connectivity index (χ0) is 16.5. The summed E-state index contributed by atoms with van der Waals surface area (Å²) in [5.41, 5.74) is -1.17.